The number of nitrogens with one attached hydrogen (secondary N) is 1. The largest absolute Gasteiger partial charge is 0.508 e. The average molecular weight is 667 g/mol. The minimum absolute atomic E-state index is 0.0559. The first kappa shape index (κ1) is 30.9. The molecule has 3 aliphatic heterocycles. The maximum atomic E-state index is 17.7. The van der Waals surface area contributed by atoms with E-state index in [2.05, 4.69) is 45.8 Å². The lowest BCUT2D eigenvalue weighted by atomic mass is 9.79. The smallest absolute Gasteiger partial charge is 0.157 e. The van der Waals surface area contributed by atoms with E-state index in [1.165, 1.54) is 0 Å². The molecule has 1 aliphatic carbocycles. The molecule has 9 nitrogen and oxygen atoms in total. The zero-order valence-corrected chi connectivity index (χ0v) is 28.3. The second-order valence-electron chi connectivity index (χ2n) is 14.1. The number of phenolic OH excluding ortho intramolecular Hbond substituents is 1. The Morgan fingerprint density at radius 2 is 1.86 bits per heavy atom. The van der Waals surface area contributed by atoms with Crippen LogP contribution in [0.1, 0.15) is 37.2 Å². The molecule has 4 aliphatic rings. The zero-order chi connectivity index (χ0) is 34.1. The molecule has 2 N–H and O–H groups in total. The average Bonchev–Trinajstić information content (AvgIpc) is 3.87. The number of pyridine rings is 2. The van der Waals surface area contributed by atoms with Crippen molar-refractivity contribution in [2.24, 2.45) is 5.92 Å². The number of phenols is 1. The van der Waals surface area contributed by atoms with Crippen molar-refractivity contribution < 1.29 is 9.50 Å². The van der Waals surface area contributed by atoms with Gasteiger partial charge in [0.15, 0.2) is 5.82 Å². The first-order valence-corrected chi connectivity index (χ1v) is 17.7. The highest BCUT2D eigenvalue weighted by Crippen LogP contribution is 2.49. The number of aromatic nitrogens is 4. The molecule has 0 amide bonds. The molecule has 3 saturated heterocycles. The summed E-state index contributed by atoms with van der Waals surface area (Å²) < 4.78 is 20.1. The number of hydrogen-bond donors (Lipinski definition) is 2. The number of aromatic hydroxyl groups is 1. The van der Waals surface area contributed by atoms with Crippen LogP contribution in [0.3, 0.4) is 0 Å². The third kappa shape index (κ3) is 4.83. The molecular formula is C40H39FN8O. The highest BCUT2D eigenvalue weighted by atomic mass is 19.1. The van der Waals surface area contributed by atoms with Gasteiger partial charge in [0, 0.05) is 74.3 Å². The summed E-state index contributed by atoms with van der Waals surface area (Å²) in [5.74, 6) is 1.93. The van der Waals surface area contributed by atoms with Crippen LogP contribution in [0.2, 0.25) is 0 Å². The van der Waals surface area contributed by atoms with Crippen LogP contribution >= 0.6 is 0 Å². The Morgan fingerprint density at radius 3 is 2.62 bits per heavy atom. The molecule has 1 saturated carbocycles. The van der Waals surface area contributed by atoms with Crippen LogP contribution in [0, 0.1) is 23.1 Å². The monoisotopic (exact) mass is 666 g/mol. The molecule has 50 heavy (non-hydrogen) atoms. The van der Waals surface area contributed by atoms with Crippen LogP contribution in [0.15, 0.2) is 60.8 Å². The Labute approximate surface area is 290 Å². The number of imidazole rings is 1. The van der Waals surface area contributed by atoms with Crippen LogP contribution in [0.25, 0.3) is 55.1 Å². The highest BCUT2D eigenvalue weighted by molar-refractivity contribution is 6.11. The van der Waals surface area contributed by atoms with Crippen LogP contribution in [0.4, 0.5) is 10.2 Å². The van der Waals surface area contributed by atoms with Crippen molar-refractivity contribution in [1.29, 1.82) is 5.26 Å². The van der Waals surface area contributed by atoms with E-state index >= 15 is 4.39 Å². The molecule has 6 aromatic rings. The number of aryl methyl sites for hydroxylation is 2. The molecule has 10 heteroatoms. The molecule has 0 spiro atoms. The van der Waals surface area contributed by atoms with Crippen molar-refractivity contribution in [2.45, 2.75) is 44.7 Å². The molecular weight excluding hydrogens is 627 g/mol. The molecule has 3 unspecified atom stereocenters. The summed E-state index contributed by atoms with van der Waals surface area (Å²) in [4.78, 5) is 19.8. The van der Waals surface area contributed by atoms with Gasteiger partial charge in [-0.3, -0.25) is 0 Å². The van der Waals surface area contributed by atoms with Crippen molar-refractivity contribution in [1.82, 2.24) is 29.7 Å². The summed E-state index contributed by atoms with van der Waals surface area (Å²) in [7, 11) is 2.14. The normalized spacial score (nSPS) is 20.5. The van der Waals surface area contributed by atoms with Gasteiger partial charge in [0.2, 0.25) is 0 Å². The van der Waals surface area contributed by atoms with Gasteiger partial charge in [-0.1, -0.05) is 31.2 Å². The van der Waals surface area contributed by atoms with Gasteiger partial charge in [-0.15, -0.1) is 0 Å². The van der Waals surface area contributed by atoms with E-state index in [0.717, 1.165) is 84.6 Å². The van der Waals surface area contributed by atoms with Gasteiger partial charge in [0.25, 0.3) is 0 Å². The van der Waals surface area contributed by atoms with Crippen molar-refractivity contribution in [3.05, 3.63) is 78.0 Å². The molecule has 10 rings (SSSR count). The Balaban J connectivity index is 1.36. The van der Waals surface area contributed by atoms with E-state index < -0.39 is 5.82 Å². The SMILES string of the molecule is CCc1nc2c(-c3ccnc(N4CCN(C)CC4)c3)nc3c(F)c(-c4cc(O)cc5ccccc45)c(CCC#N)cc3c2n1C1C2CNC1C2. The Hall–Kier alpha value is -5.11. The molecule has 252 valence electrons. The molecule has 3 aromatic carbocycles. The number of nitriles is 1. The highest BCUT2D eigenvalue weighted by Gasteiger charge is 2.49. The van der Waals surface area contributed by atoms with Gasteiger partial charge in [-0.2, -0.15) is 5.26 Å². The van der Waals surface area contributed by atoms with Crippen LogP contribution in [-0.2, 0) is 12.8 Å². The maximum Gasteiger partial charge on any atom is 0.157 e. The van der Waals surface area contributed by atoms with Crippen molar-refractivity contribution >= 4 is 38.5 Å². The quantitative estimate of drug-likeness (QED) is 0.196. The summed E-state index contributed by atoms with van der Waals surface area (Å²) in [5, 5.41) is 26.5. The number of halogens is 1. The van der Waals surface area contributed by atoms with E-state index in [-0.39, 0.29) is 23.7 Å². The van der Waals surface area contributed by atoms with Crippen LogP contribution < -0.4 is 10.2 Å². The lowest BCUT2D eigenvalue weighted by molar-refractivity contribution is 0.221. The number of fused-ring (bicyclic) bond motifs is 5. The predicted molar refractivity (Wildman–Crippen MR) is 195 cm³/mol. The molecule has 3 aromatic heterocycles. The lowest BCUT2D eigenvalue weighted by Crippen LogP contribution is -2.44. The van der Waals surface area contributed by atoms with Crippen LogP contribution in [-0.4, -0.2) is 75.3 Å². The van der Waals surface area contributed by atoms with Gasteiger partial charge in [0.1, 0.15) is 28.4 Å². The maximum absolute atomic E-state index is 17.7. The third-order valence-corrected chi connectivity index (χ3v) is 11.2. The fraction of sp³-hybridized carbons (Fsp3) is 0.350. The minimum Gasteiger partial charge on any atom is -0.508 e. The van der Waals surface area contributed by atoms with E-state index in [1.54, 1.807) is 12.1 Å². The van der Waals surface area contributed by atoms with Gasteiger partial charge in [0.05, 0.1) is 23.3 Å². The van der Waals surface area contributed by atoms with E-state index in [1.807, 2.05) is 42.6 Å². The fourth-order valence-electron chi connectivity index (χ4n) is 8.61. The summed E-state index contributed by atoms with van der Waals surface area (Å²) in [6.45, 7) is 6.75. The number of hydrogen-bond acceptors (Lipinski definition) is 8. The lowest BCUT2D eigenvalue weighted by Gasteiger charge is -2.37. The van der Waals surface area contributed by atoms with E-state index in [9.17, 15) is 10.4 Å². The van der Waals surface area contributed by atoms with Gasteiger partial charge < -0.3 is 24.8 Å². The summed E-state index contributed by atoms with van der Waals surface area (Å²) in [6, 6.07) is 19.9. The van der Waals surface area contributed by atoms with Crippen molar-refractivity contribution in [2.75, 3.05) is 44.7 Å². The summed E-state index contributed by atoms with van der Waals surface area (Å²) in [5.41, 5.74) is 5.07. The number of benzene rings is 3. The summed E-state index contributed by atoms with van der Waals surface area (Å²) >= 11 is 0. The molecule has 3 atom stereocenters. The first-order chi connectivity index (χ1) is 24.4. The number of rotatable bonds is 7. The van der Waals surface area contributed by atoms with Crippen LogP contribution in [0.5, 0.6) is 5.75 Å². The summed E-state index contributed by atoms with van der Waals surface area (Å²) in [6.07, 6.45) is 4.26. The molecule has 2 bridgehead atoms. The number of anilines is 1. The van der Waals surface area contributed by atoms with Crippen molar-refractivity contribution in [3.8, 4) is 34.2 Å². The number of nitrogens with zero attached hydrogens (tertiary/aromatic N) is 7. The Bertz CT molecular complexity index is 2340. The molecule has 4 fully saturated rings. The van der Waals surface area contributed by atoms with Gasteiger partial charge in [-0.25, -0.2) is 19.3 Å². The number of likely N-dealkylation sites (N-methyl/N-ethyl adjacent to an activating group) is 1. The van der Waals surface area contributed by atoms with E-state index in [4.69, 9.17) is 15.0 Å². The standard InChI is InChI=1S/C40H39FN8O/c1-3-32-45-38-36(25-10-12-43-33(20-25)48-15-13-47(2)14-16-48)46-37-30(40(38)49(32)39-26-19-31(39)44-22-26)18-24(8-6-11-42)34(35(37)41)29-21-27(50)17-23-7-4-5-9-28(23)29/h4-5,7,9-10,12,17-18,20-21,26,31,39,44,50H,3,6,8,13-16,19,22H2,1-2H3. The second-order valence-corrected chi connectivity index (χ2v) is 14.1. The van der Waals surface area contributed by atoms with Gasteiger partial charge >= 0.3 is 0 Å². The first-order valence-electron chi connectivity index (χ1n) is 17.7. The second kappa shape index (κ2) is 12.0. The Kier molecular flexibility index (Phi) is 7.44. The molecule has 6 heterocycles. The molecule has 0 radical (unpaired) electrons. The predicted octanol–water partition coefficient (Wildman–Crippen LogP) is 6.61. The zero-order valence-electron chi connectivity index (χ0n) is 28.3. The van der Waals surface area contributed by atoms with Gasteiger partial charge in [-0.05, 0) is 78.0 Å². The van der Waals surface area contributed by atoms with Crippen molar-refractivity contribution in [3.63, 3.8) is 0 Å². The fourth-order valence-corrected chi connectivity index (χ4v) is 8.61. The number of piperazine rings is 1. The topological polar surface area (TPSA) is 106 Å². The van der Waals surface area contributed by atoms with E-state index in [0.29, 0.717) is 46.2 Å². The minimum atomic E-state index is -0.455. The third-order valence-electron chi connectivity index (χ3n) is 11.2. The Morgan fingerprint density at radius 1 is 1.02 bits per heavy atom.